The second kappa shape index (κ2) is 5.24. The summed E-state index contributed by atoms with van der Waals surface area (Å²) in [5.74, 6) is -1.50. The molecular weight excluding hydrogens is 262 g/mol. The smallest absolute Gasteiger partial charge is 0.326 e. The predicted octanol–water partition coefficient (Wildman–Crippen LogP) is 2.54. The third-order valence-corrected chi connectivity index (χ3v) is 3.22. The zero-order valence-electron chi connectivity index (χ0n) is 9.85. The first kappa shape index (κ1) is 15.6. The minimum atomic E-state index is -4.51. The van der Waals surface area contributed by atoms with Crippen LogP contribution in [0.1, 0.15) is 19.8 Å². The molecular formula is C10H16F6N2. The maximum atomic E-state index is 12.7. The molecule has 8 heteroatoms. The largest absolute Gasteiger partial charge is 0.405 e. The van der Waals surface area contributed by atoms with Crippen molar-refractivity contribution in [2.45, 2.75) is 44.2 Å². The molecule has 1 aliphatic rings. The van der Waals surface area contributed by atoms with Crippen LogP contribution in [0.4, 0.5) is 26.3 Å². The molecule has 0 amide bonds. The van der Waals surface area contributed by atoms with E-state index in [1.165, 1.54) is 6.92 Å². The zero-order valence-corrected chi connectivity index (χ0v) is 9.85. The Balaban J connectivity index is 2.66. The molecule has 18 heavy (non-hydrogen) atoms. The van der Waals surface area contributed by atoms with Crippen LogP contribution in [0.15, 0.2) is 0 Å². The molecule has 1 aliphatic heterocycles. The summed E-state index contributed by atoms with van der Waals surface area (Å²) in [5, 5.41) is 0. The molecule has 0 aromatic carbocycles. The van der Waals surface area contributed by atoms with Gasteiger partial charge in [-0.3, -0.25) is 4.90 Å². The Morgan fingerprint density at radius 3 is 1.78 bits per heavy atom. The number of halogens is 6. The normalized spacial score (nSPS) is 24.0. The lowest BCUT2D eigenvalue weighted by Gasteiger charge is -2.40. The molecule has 0 aromatic rings. The fourth-order valence-corrected chi connectivity index (χ4v) is 2.34. The average molecular weight is 278 g/mol. The van der Waals surface area contributed by atoms with Crippen LogP contribution < -0.4 is 5.73 Å². The van der Waals surface area contributed by atoms with E-state index in [2.05, 4.69) is 0 Å². The van der Waals surface area contributed by atoms with Gasteiger partial charge in [0.1, 0.15) is 6.04 Å². The van der Waals surface area contributed by atoms with Crippen LogP contribution >= 0.6 is 0 Å². The fourth-order valence-electron chi connectivity index (χ4n) is 2.34. The highest BCUT2D eigenvalue weighted by atomic mass is 19.4. The summed E-state index contributed by atoms with van der Waals surface area (Å²) in [4.78, 5) is 1.01. The van der Waals surface area contributed by atoms with Gasteiger partial charge in [-0.2, -0.15) is 26.3 Å². The van der Waals surface area contributed by atoms with Crippen LogP contribution in [0.3, 0.4) is 0 Å². The molecule has 2 unspecified atom stereocenters. The number of rotatable bonds is 2. The molecule has 0 saturated carbocycles. The molecule has 0 bridgehead atoms. The highest BCUT2D eigenvalue weighted by molar-refractivity contribution is 4.89. The maximum absolute atomic E-state index is 12.7. The van der Waals surface area contributed by atoms with Gasteiger partial charge < -0.3 is 5.73 Å². The van der Waals surface area contributed by atoms with Crippen molar-refractivity contribution < 1.29 is 26.3 Å². The fraction of sp³-hybridized carbons (Fsp3) is 1.00. The van der Waals surface area contributed by atoms with E-state index in [9.17, 15) is 26.3 Å². The van der Waals surface area contributed by atoms with Crippen LogP contribution in [0.2, 0.25) is 0 Å². The predicted molar refractivity (Wildman–Crippen MR) is 53.8 cm³/mol. The first-order chi connectivity index (χ1) is 8.03. The van der Waals surface area contributed by atoms with Gasteiger partial charge in [-0.05, 0) is 32.9 Å². The molecule has 1 saturated heterocycles. The van der Waals surface area contributed by atoms with E-state index in [-0.39, 0.29) is 25.9 Å². The Hall–Kier alpha value is -0.500. The lowest BCUT2D eigenvalue weighted by molar-refractivity contribution is -0.209. The quantitative estimate of drug-likeness (QED) is 0.786. The van der Waals surface area contributed by atoms with Crippen molar-refractivity contribution in [1.82, 2.24) is 4.90 Å². The Kier molecular flexibility index (Phi) is 4.53. The maximum Gasteiger partial charge on any atom is 0.405 e. The van der Waals surface area contributed by atoms with E-state index in [1.54, 1.807) is 0 Å². The van der Waals surface area contributed by atoms with Crippen molar-refractivity contribution in [2.24, 2.45) is 11.7 Å². The van der Waals surface area contributed by atoms with E-state index in [0.717, 1.165) is 4.90 Å². The molecule has 0 aromatic heterocycles. The number of hydrogen-bond donors (Lipinski definition) is 1. The van der Waals surface area contributed by atoms with Crippen molar-refractivity contribution in [1.29, 1.82) is 0 Å². The van der Waals surface area contributed by atoms with E-state index < -0.39 is 30.4 Å². The van der Waals surface area contributed by atoms with Crippen LogP contribution in [-0.4, -0.2) is 42.4 Å². The van der Waals surface area contributed by atoms with Gasteiger partial charge in [0, 0.05) is 6.04 Å². The van der Waals surface area contributed by atoms with E-state index in [4.69, 9.17) is 5.73 Å². The van der Waals surface area contributed by atoms with E-state index >= 15 is 0 Å². The van der Waals surface area contributed by atoms with Crippen LogP contribution in [0.25, 0.3) is 0 Å². The van der Waals surface area contributed by atoms with Crippen molar-refractivity contribution in [2.75, 3.05) is 13.1 Å². The number of nitrogens with zero attached hydrogens (tertiary/aromatic N) is 1. The monoisotopic (exact) mass is 278 g/mol. The minimum absolute atomic E-state index is 0.226. The Morgan fingerprint density at radius 2 is 1.50 bits per heavy atom. The summed E-state index contributed by atoms with van der Waals surface area (Å²) in [5.41, 5.74) is 5.29. The van der Waals surface area contributed by atoms with Gasteiger partial charge in [0.15, 0.2) is 0 Å². The standard InChI is InChI=1S/C10H16F6N2/c1-6(17)8(10(14,15)16)18-4-2-7(3-5-18)9(11,12)13/h6-8H,2-5,17H2,1H3. The van der Waals surface area contributed by atoms with Crippen molar-refractivity contribution in [3.8, 4) is 0 Å². The number of hydrogen-bond acceptors (Lipinski definition) is 2. The van der Waals surface area contributed by atoms with Gasteiger partial charge >= 0.3 is 12.4 Å². The van der Waals surface area contributed by atoms with Crippen molar-refractivity contribution >= 4 is 0 Å². The Bertz CT molecular complexity index is 265. The minimum Gasteiger partial charge on any atom is -0.326 e. The number of nitrogens with two attached hydrogens (primary N) is 1. The lowest BCUT2D eigenvalue weighted by atomic mass is 9.94. The van der Waals surface area contributed by atoms with Crippen molar-refractivity contribution in [3.05, 3.63) is 0 Å². The van der Waals surface area contributed by atoms with Gasteiger partial charge in [-0.25, -0.2) is 0 Å². The van der Waals surface area contributed by atoms with Crippen LogP contribution in [0.5, 0.6) is 0 Å². The van der Waals surface area contributed by atoms with E-state index in [0.29, 0.717) is 0 Å². The van der Waals surface area contributed by atoms with Crippen molar-refractivity contribution in [3.63, 3.8) is 0 Å². The first-order valence-corrected chi connectivity index (χ1v) is 5.66. The number of alkyl halides is 6. The molecule has 0 spiro atoms. The highest BCUT2D eigenvalue weighted by Gasteiger charge is 2.49. The highest BCUT2D eigenvalue weighted by Crippen LogP contribution is 2.36. The molecule has 0 aliphatic carbocycles. The number of piperidine rings is 1. The summed E-state index contributed by atoms with van der Waals surface area (Å²) in [6.07, 6.45) is -9.45. The van der Waals surface area contributed by atoms with Gasteiger partial charge in [0.2, 0.25) is 0 Å². The van der Waals surface area contributed by atoms with Gasteiger partial charge in [-0.15, -0.1) is 0 Å². The van der Waals surface area contributed by atoms with Crippen LogP contribution in [-0.2, 0) is 0 Å². The molecule has 2 N–H and O–H groups in total. The third-order valence-electron chi connectivity index (χ3n) is 3.22. The third kappa shape index (κ3) is 3.74. The Morgan fingerprint density at radius 1 is 1.06 bits per heavy atom. The number of likely N-dealkylation sites (tertiary alicyclic amines) is 1. The van der Waals surface area contributed by atoms with Gasteiger partial charge in [0.05, 0.1) is 5.92 Å². The summed E-state index contributed by atoms with van der Waals surface area (Å²) in [6.45, 7) is 0.764. The molecule has 108 valence electrons. The molecule has 2 nitrogen and oxygen atoms in total. The molecule has 1 fully saturated rings. The Labute approximate surface area is 101 Å². The summed E-state index contributed by atoms with van der Waals surface area (Å²) >= 11 is 0. The molecule has 1 rings (SSSR count). The second-order valence-corrected chi connectivity index (χ2v) is 4.70. The zero-order chi connectivity index (χ0) is 14.1. The summed E-state index contributed by atoms with van der Waals surface area (Å²) in [7, 11) is 0. The SMILES string of the molecule is CC(N)C(N1CCC(C(F)(F)F)CC1)C(F)(F)F. The van der Waals surface area contributed by atoms with Gasteiger partial charge in [-0.1, -0.05) is 0 Å². The lowest BCUT2D eigenvalue weighted by Crippen LogP contribution is -2.57. The van der Waals surface area contributed by atoms with Crippen LogP contribution in [0, 0.1) is 5.92 Å². The summed E-state index contributed by atoms with van der Waals surface area (Å²) < 4.78 is 75.4. The van der Waals surface area contributed by atoms with Gasteiger partial charge in [0.25, 0.3) is 0 Å². The van der Waals surface area contributed by atoms with E-state index in [1.807, 2.05) is 0 Å². The summed E-state index contributed by atoms with van der Waals surface area (Å²) in [6, 6.07) is -3.03. The molecule has 1 heterocycles. The molecule has 2 atom stereocenters. The average Bonchev–Trinajstić information content (AvgIpc) is 2.13. The first-order valence-electron chi connectivity index (χ1n) is 5.66. The topological polar surface area (TPSA) is 29.3 Å². The molecule has 0 radical (unpaired) electrons. The second-order valence-electron chi connectivity index (χ2n) is 4.70.